The second-order valence-corrected chi connectivity index (χ2v) is 4.68. The van der Waals surface area contributed by atoms with Crippen LogP contribution in [0.1, 0.15) is 17.0 Å². The molecule has 0 spiro atoms. The molecule has 0 aliphatic carbocycles. The van der Waals surface area contributed by atoms with Gasteiger partial charge in [-0.2, -0.15) is 5.10 Å². The fourth-order valence-corrected chi connectivity index (χ4v) is 2.19. The van der Waals surface area contributed by atoms with E-state index in [1.165, 1.54) is 5.56 Å². The zero-order valence-electron chi connectivity index (χ0n) is 11.1. The molecule has 0 saturated carbocycles. The van der Waals surface area contributed by atoms with Gasteiger partial charge in [-0.1, -0.05) is 18.2 Å². The number of nitrogens with zero attached hydrogens (tertiary/aromatic N) is 2. The van der Waals surface area contributed by atoms with Crippen LogP contribution in [0.4, 0.5) is 5.69 Å². The van der Waals surface area contributed by atoms with Crippen LogP contribution in [0.2, 0.25) is 0 Å². The third kappa shape index (κ3) is 2.29. The van der Waals surface area contributed by atoms with Gasteiger partial charge in [-0.15, -0.1) is 0 Å². The molecule has 3 aromatic rings. The van der Waals surface area contributed by atoms with Gasteiger partial charge in [0.05, 0.1) is 23.1 Å². The van der Waals surface area contributed by atoms with Gasteiger partial charge in [-0.25, -0.2) is 0 Å². The number of aromatic nitrogens is 3. The molecular weight excluding hydrogens is 236 g/mol. The molecule has 0 atom stereocenters. The Bertz CT molecular complexity index is 695. The summed E-state index contributed by atoms with van der Waals surface area (Å²) in [5.41, 5.74) is 5.41. The summed E-state index contributed by atoms with van der Waals surface area (Å²) in [5, 5.41) is 11.7. The van der Waals surface area contributed by atoms with E-state index in [0.717, 1.165) is 34.5 Å². The SMILES string of the molecule is Cc1n[nH]c(C)c1CNc1cnc2ccccc2c1. The first-order valence-electron chi connectivity index (χ1n) is 6.33. The summed E-state index contributed by atoms with van der Waals surface area (Å²) in [4.78, 5) is 4.44. The fourth-order valence-electron chi connectivity index (χ4n) is 2.19. The maximum absolute atomic E-state index is 4.44. The van der Waals surface area contributed by atoms with Crippen LogP contribution in [0.15, 0.2) is 36.5 Å². The number of benzene rings is 1. The highest BCUT2D eigenvalue weighted by molar-refractivity contribution is 5.81. The highest BCUT2D eigenvalue weighted by Gasteiger charge is 2.05. The molecule has 96 valence electrons. The average molecular weight is 252 g/mol. The average Bonchev–Trinajstić information content (AvgIpc) is 2.76. The van der Waals surface area contributed by atoms with Crippen LogP contribution in [-0.2, 0) is 6.54 Å². The molecule has 0 bridgehead atoms. The normalized spacial score (nSPS) is 10.8. The Morgan fingerprint density at radius 1 is 1.21 bits per heavy atom. The molecule has 4 nitrogen and oxygen atoms in total. The van der Waals surface area contributed by atoms with E-state index >= 15 is 0 Å². The number of rotatable bonds is 3. The van der Waals surface area contributed by atoms with Crippen molar-refractivity contribution in [2.45, 2.75) is 20.4 Å². The van der Waals surface area contributed by atoms with Gasteiger partial charge in [-0.05, 0) is 26.0 Å². The zero-order valence-corrected chi connectivity index (χ0v) is 11.1. The Morgan fingerprint density at radius 2 is 2.05 bits per heavy atom. The molecule has 1 aromatic carbocycles. The second-order valence-electron chi connectivity index (χ2n) is 4.68. The molecule has 3 rings (SSSR count). The quantitative estimate of drug-likeness (QED) is 0.752. The molecule has 2 N–H and O–H groups in total. The van der Waals surface area contributed by atoms with Crippen LogP contribution < -0.4 is 5.32 Å². The first-order chi connectivity index (χ1) is 9.24. The van der Waals surface area contributed by atoms with E-state index < -0.39 is 0 Å². The van der Waals surface area contributed by atoms with E-state index in [1.54, 1.807) is 0 Å². The second kappa shape index (κ2) is 4.72. The summed E-state index contributed by atoms with van der Waals surface area (Å²) < 4.78 is 0. The molecule has 0 fully saturated rings. The number of hydrogen-bond acceptors (Lipinski definition) is 3. The maximum atomic E-state index is 4.44. The van der Waals surface area contributed by atoms with Crippen LogP contribution in [0.3, 0.4) is 0 Å². The number of anilines is 1. The van der Waals surface area contributed by atoms with Crippen molar-refractivity contribution in [1.82, 2.24) is 15.2 Å². The third-order valence-electron chi connectivity index (χ3n) is 3.34. The van der Waals surface area contributed by atoms with E-state index in [0.29, 0.717) is 0 Å². The molecule has 0 aliphatic rings. The molecule has 2 aromatic heterocycles. The Labute approximate surface area is 111 Å². The van der Waals surface area contributed by atoms with Crippen molar-refractivity contribution in [3.63, 3.8) is 0 Å². The lowest BCUT2D eigenvalue weighted by Crippen LogP contribution is -2.01. The summed E-state index contributed by atoms with van der Waals surface area (Å²) in [5.74, 6) is 0. The minimum absolute atomic E-state index is 0.758. The van der Waals surface area contributed by atoms with E-state index in [1.807, 2.05) is 38.2 Å². The predicted octanol–water partition coefficient (Wildman–Crippen LogP) is 3.19. The van der Waals surface area contributed by atoms with Crippen molar-refractivity contribution < 1.29 is 0 Å². The summed E-state index contributed by atoms with van der Waals surface area (Å²) in [6.45, 7) is 4.81. The summed E-state index contributed by atoms with van der Waals surface area (Å²) >= 11 is 0. The van der Waals surface area contributed by atoms with E-state index in [-0.39, 0.29) is 0 Å². The minimum atomic E-state index is 0.758. The van der Waals surface area contributed by atoms with E-state index in [9.17, 15) is 0 Å². The van der Waals surface area contributed by atoms with Crippen molar-refractivity contribution in [2.24, 2.45) is 0 Å². The molecule has 0 saturated heterocycles. The van der Waals surface area contributed by atoms with Crippen LogP contribution in [0, 0.1) is 13.8 Å². The third-order valence-corrected chi connectivity index (χ3v) is 3.34. The zero-order chi connectivity index (χ0) is 13.2. The lowest BCUT2D eigenvalue weighted by molar-refractivity contribution is 1.02. The lowest BCUT2D eigenvalue weighted by atomic mass is 10.2. The number of aryl methyl sites for hydroxylation is 2. The molecule has 2 heterocycles. The smallest absolute Gasteiger partial charge is 0.0703 e. The Kier molecular flexibility index (Phi) is 2.91. The maximum Gasteiger partial charge on any atom is 0.0703 e. The molecule has 0 unspecified atom stereocenters. The number of hydrogen-bond donors (Lipinski definition) is 2. The van der Waals surface area contributed by atoms with Gasteiger partial charge in [0.15, 0.2) is 0 Å². The summed E-state index contributed by atoms with van der Waals surface area (Å²) in [7, 11) is 0. The monoisotopic (exact) mass is 252 g/mol. The molecular formula is C15H16N4. The fraction of sp³-hybridized carbons (Fsp3) is 0.200. The Balaban J connectivity index is 1.82. The molecule has 0 radical (unpaired) electrons. The standard InChI is InChI=1S/C15H16N4/c1-10-14(11(2)19-18-10)9-16-13-7-12-5-3-4-6-15(12)17-8-13/h3-8,16H,9H2,1-2H3,(H,18,19). The van der Waals surface area contributed by atoms with Crippen LogP contribution in [0.25, 0.3) is 10.9 Å². The van der Waals surface area contributed by atoms with Crippen LogP contribution in [-0.4, -0.2) is 15.2 Å². The van der Waals surface area contributed by atoms with Gasteiger partial charge in [0.2, 0.25) is 0 Å². The number of pyridine rings is 1. The number of H-pyrrole nitrogens is 1. The van der Waals surface area contributed by atoms with Gasteiger partial charge in [0, 0.05) is 23.2 Å². The van der Waals surface area contributed by atoms with Crippen LogP contribution in [0.5, 0.6) is 0 Å². The number of aromatic amines is 1. The van der Waals surface area contributed by atoms with E-state index in [2.05, 4.69) is 32.6 Å². The highest BCUT2D eigenvalue weighted by atomic mass is 15.1. The van der Waals surface area contributed by atoms with Gasteiger partial charge >= 0.3 is 0 Å². The first-order valence-corrected chi connectivity index (χ1v) is 6.33. The van der Waals surface area contributed by atoms with Crippen molar-refractivity contribution in [1.29, 1.82) is 0 Å². The largest absolute Gasteiger partial charge is 0.380 e. The topological polar surface area (TPSA) is 53.6 Å². The molecule has 0 amide bonds. The molecule has 4 heteroatoms. The van der Waals surface area contributed by atoms with Crippen molar-refractivity contribution in [2.75, 3.05) is 5.32 Å². The first kappa shape index (κ1) is 11.7. The highest BCUT2D eigenvalue weighted by Crippen LogP contribution is 2.17. The van der Waals surface area contributed by atoms with E-state index in [4.69, 9.17) is 0 Å². The Morgan fingerprint density at radius 3 is 2.84 bits per heavy atom. The number of fused-ring (bicyclic) bond motifs is 1. The van der Waals surface area contributed by atoms with Gasteiger partial charge in [0.1, 0.15) is 0 Å². The van der Waals surface area contributed by atoms with Gasteiger partial charge < -0.3 is 5.32 Å². The van der Waals surface area contributed by atoms with Crippen molar-refractivity contribution in [3.05, 3.63) is 53.5 Å². The Hall–Kier alpha value is -2.36. The molecule has 19 heavy (non-hydrogen) atoms. The predicted molar refractivity (Wildman–Crippen MR) is 77.1 cm³/mol. The van der Waals surface area contributed by atoms with Gasteiger partial charge in [0.25, 0.3) is 0 Å². The summed E-state index contributed by atoms with van der Waals surface area (Å²) in [6.07, 6.45) is 1.87. The van der Waals surface area contributed by atoms with Crippen LogP contribution >= 0.6 is 0 Å². The van der Waals surface area contributed by atoms with Crippen molar-refractivity contribution in [3.8, 4) is 0 Å². The number of nitrogens with one attached hydrogen (secondary N) is 2. The molecule has 0 aliphatic heterocycles. The lowest BCUT2D eigenvalue weighted by Gasteiger charge is -2.07. The summed E-state index contributed by atoms with van der Waals surface area (Å²) in [6, 6.07) is 10.2. The van der Waals surface area contributed by atoms with Gasteiger partial charge in [-0.3, -0.25) is 10.1 Å². The number of para-hydroxylation sites is 1. The van der Waals surface area contributed by atoms with Crippen molar-refractivity contribution >= 4 is 16.6 Å². The minimum Gasteiger partial charge on any atom is -0.380 e.